The van der Waals surface area contributed by atoms with Crippen molar-refractivity contribution in [3.63, 3.8) is 0 Å². The third-order valence-electron chi connectivity index (χ3n) is 3.82. The standard InChI is InChI=1S/C15H21N3S/c1-3-18-8-4-5-12(10-18)16-15-17-13-7-6-11(2)9-14(13)19-15/h6-7,9,12H,3-5,8,10H2,1-2H3,(H,16,17). The second kappa shape index (κ2) is 5.47. The maximum Gasteiger partial charge on any atom is 0.184 e. The minimum atomic E-state index is 0.551. The number of benzene rings is 1. The Hall–Kier alpha value is -1.13. The Morgan fingerprint density at radius 2 is 2.37 bits per heavy atom. The van der Waals surface area contributed by atoms with Crippen molar-refractivity contribution >= 4 is 26.7 Å². The van der Waals surface area contributed by atoms with Gasteiger partial charge >= 0.3 is 0 Å². The summed E-state index contributed by atoms with van der Waals surface area (Å²) >= 11 is 1.77. The van der Waals surface area contributed by atoms with E-state index in [2.05, 4.69) is 47.2 Å². The summed E-state index contributed by atoms with van der Waals surface area (Å²) in [4.78, 5) is 7.20. The molecule has 1 N–H and O–H groups in total. The van der Waals surface area contributed by atoms with Crippen molar-refractivity contribution in [1.29, 1.82) is 0 Å². The highest BCUT2D eigenvalue weighted by atomic mass is 32.1. The number of rotatable bonds is 3. The van der Waals surface area contributed by atoms with Gasteiger partial charge in [0.15, 0.2) is 5.13 Å². The van der Waals surface area contributed by atoms with Crippen molar-refractivity contribution in [2.45, 2.75) is 32.7 Å². The van der Waals surface area contributed by atoms with Crippen LogP contribution in [0.1, 0.15) is 25.3 Å². The number of thiazole rings is 1. The van der Waals surface area contributed by atoms with Gasteiger partial charge in [-0.1, -0.05) is 24.3 Å². The lowest BCUT2D eigenvalue weighted by atomic mass is 10.1. The maximum absolute atomic E-state index is 4.69. The first kappa shape index (κ1) is 12.9. The molecule has 3 rings (SSSR count). The molecule has 102 valence electrons. The fourth-order valence-electron chi connectivity index (χ4n) is 2.73. The number of hydrogen-bond donors (Lipinski definition) is 1. The van der Waals surface area contributed by atoms with Crippen LogP contribution in [0.4, 0.5) is 5.13 Å². The lowest BCUT2D eigenvalue weighted by Gasteiger charge is -2.32. The van der Waals surface area contributed by atoms with Gasteiger partial charge in [0.1, 0.15) is 0 Å². The van der Waals surface area contributed by atoms with Crippen molar-refractivity contribution in [3.05, 3.63) is 23.8 Å². The van der Waals surface area contributed by atoms with Gasteiger partial charge < -0.3 is 10.2 Å². The molecule has 2 aromatic rings. The molecule has 0 amide bonds. The molecule has 1 aliphatic rings. The van der Waals surface area contributed by atoms with Gasteiger partial charge in [0.2, 0.25) is 0 Å². The normalized spacial score (nSPS) is 20.8. The first-order chi connectivity index (χ1) is 9.24. The van der Waals surface area contributed by atoms with Crippen molar-refractivity contribution < 1.29 is 0 Å². The molecular formula is C15H21N3S. The highest BCUT2D eigenvalue weighted by Crippen LogP contribution is 2.28. The lowest BCUT2D eigenvalue weighted by Crippen LogP contribution is -2.41. The predicted octanol–water partition coefficient (Wildman–Crippen LogP) is 3.50. The van der Waals surface area contributed by atoms with E-state index in [-0.39, 0.29) is 0 Å². The summed E-state index contributed by atoms with van der Waals surface area (Å²) in [6.45, 7) is 7.91. The minimum Gasteiger partial charge on any atom is -0.357 e. The monoisotopic (exact) mass is 275 g/mol. The number of nitrogens with zero attached hydrogens (tertiary/aromatic N) is 2. The first-order valence-corrected chi connectivity index (χ1v) is 7.92. The highest BCUT2D eigenvalue weighted by molar-refractivity contribution is 7.22. The van der Waals surface area contributed by atoms with Gasteiger partial charge in [-0.2, -0.15) is 0 Å². The average molecular weight is 275 g/mol. The summed E-state index contributed by atoms with van der Waals surface area (Å²) in [5.74, 6) is 0. The summed E-state index contributed by atoms with van der Waals surface area (Å²) in [7, 11) is 0. The van der Waals surface area contributed by atoms with E-state index < -0.39 is 0 Å². The fourth-order valence-corrected chi connectivity index (χ4v) is 3.77. The van der Waals surface area contributed by atoms with Gasteiger partial charge in [-0.25, -0.2) is 4.98 Å². The van der Waals surface area contributed by atoms with Crippen LogP contribution in [0, 0.1) is 6.92 Å². The molecule has 1 atom stereocenters. The smallest absolute Gasteiger partial charge is 0.184 e. The Morgan fingerprint density at radius 1 is 1.47 bits per heavy atom. The van der Waals surface area contributed by atoms with E-state index in [0.29, 0.717) is 6.04 Å². The van der Waals surface area contributed by atoms with Crippen molar-refractivity contribution in [2.75, 3.05) is 25.0 Å². The van der Waals surface area contributed by atoms with E-state index in [9.17, 15) is 0 Å². The lowest BCUT2D eigenvalue weighted by molar-refractivity contribution is 0.227. The molecule has 0 saturated carbocycles. The molecule has 4 heteroatoms. The van der Waals surface area contributed by atoms with E-state index in [1.165, 1.54) is 29.6 Å². The van der Waals surface area contributed by atoms with Crippen molar-refractivity contribution in [2.24, 2.45) is 0 Å². The van der Waals surface area contributed by atoms with Gasteiger partial charge in [-0.05, 0) is 50.6 Å². The topological polar surface area (TPSA) is 28.2 Å². The molecular weight excluding hydrogens is 254 g/mol. The molecule has 1 saturated heterocycles. The first-order valence-electron chi connectivity index (χ1n) is 7.10. The molecule has 0 radical (unpaired) electrons. The SMILES string of the molecule is CCN1CCCC(Nc2nc3ccc(C)cc3s2)C1. The molecule has 2 heterocycles. The van der Waals surface area contributed by atoms with Crippen LogP contribution in [-0.4, -0.2) is 35.6 Å². The second-order valence-electron chi connectivity index (χ2n) is 5.37. The van der Waals surface area contributed by atoms with E-state index in [1.807, 2.05) is 0 Å². The summed E-state index contributed by atoms with van der Waals surface area (Å²) in [6.07, 6.45) is 2.54. The van der Waals surface area contributed by atoms with E-state index >= 15 is 0 Å². The zero-order valence-electron chi connectivity index (χ0n) is 11.6. The summed E-state index contributed by atoms with van der Waals surface area (Å²) in [6, 6.07) is 7.02. The van der Waals surface area contributed by atoms with Crippen LogP contribution >= 0.6 is 11.3 Å². The number of hydrogen-bond acceptors (Lipinski definition) is 4. The van der Waals surface area contributed by atoms with Crippen LogP contribution in [0.15, 0.2) is 18.2 Å². The summed E-state index contributed by atoms with van der Waals surface area (Å²) in [5, 5.41) is 4.69. The number of likely N-dealkylation sites (tertiary alicyclic amines) is 1. The van der Waals surface area contributed by atoms with Crippen LogP contribution < -0.4 is 5.32 Å². The Kier molecular flexibility index (Phi) is 3.71. The molecule has 0 bridgehead atoms. The Bertz CT molecular complexity index is 564. The number of anilines is 1. The van der Waals surface area contributed by atoms with Crippen LogP contribution in [0.5, 0.6) is 0 Å². The number of piperidine rings is 1. The van der Waals surface area contributed by atoms with Gasteiger partial charge in [0.05, 0.1) is 10.2 Å². The number of likely N-dealkylation sites (N-methyl/N-ethyl adjacent to an activating group) is 1. The Balaban J connectivity index is 1.74. The molecule has 3 nitrogen and oxygen atoms in total. The largest absolute Gasteiger partial charge is 0.357 e. The number of aromatic nitrogens is 1. The van der Waals surface area contributed by atoms with Crippen LogP contribution in [0.3, 0.4) is 0 Å². The fraction of sp³-hybridized carbons (Fsp3) is 0.533. The summed E-state index contributed by atoms with van der Waals surface area (Å²) in [5.41, 5.74) is 2.42. The third-order valence-corrected chi connectivity index (χ3v) is 4.77. The van der Waals surface area contributed by atoms with E-state index in [4.69, 9.17) is 0 Å². The predicted molar refractivity (Wildman–Crippen MR) is 83.1 cm³/mol. The molecule has 0 aliphatic carbocycles. The third kappa shape index (κ3) is 2.90. The molecule has 1 aromatic heterocycles. The van der Waals surface area contributed by atoms with Crippen LogP contribution in [-0.2, 0) is 0 Å². The number of aryl methyl sites for hydroxylation is 1. The van der Waals surface area contributed by atoms with Gasteiger partial charge in [-0.3, -0.25) is 0 Å². The Morgan fingerprint density at radius 3 is 3.21 bits per heavy atom. The van der Waals surface area contributed by atoms with E-state index in [0.717, 1.165) is 23.7 Å². The highest BCUT2D eigenvalue weighted by Gasteiger charge is 2.19. The maximum atomic E-state index is 4.69. The van der Waals surface area contributed by atoms with Crippen LogP contribution in [0.25, 0.3) is 10.2 Å². The molecule has 1 aliphatic heterocycles. The zero-order valence-corrected chi connectivity index (χ0v) is 12.5. The minimum absolute atomic E-state index is 0.551. The molecule has 1 aromatic carbocycles. The van der Waals surface area contributed by atoms with Crippen molar-refractivity contribution in [1.82, 2.24) is 9.88 Å². The summed E-state index contributed by atoms with van der Waals surface area (Å²) < 4.78 is 1.28. The average Bonchev–Trinajstić information content (AvgIpc) is 2.80. The van der Waals surface area contributed by atoms with Gasteiger partial charge in [0.25, 0.3) is 0 Å². The molecule has 1 fully saturated rings. The Labute approximate surface area is 118 Å². The van der Waals surface area contributed by atoms with E-state index in [1.54, 1.807) is 11.3 Å². The molecule has 19 heavy (non-hydrogen) atoms. The second-order valence-corrected chi connectivity index (χ2v) is 6.40. The molecule has 0 spiro atoms. The zero-order chi connectivity index (χ0) is 13.2. The molecule has 1 unspecified atom stereocenters. The van der Waals surface area contributed by atoms with Gasteiger partial charge in [0, 0.05) is 12.6 Å². The number of fused-ring (bicyclic) bond motifs is 1. The van der Waals surface area contributed by atoms with Crippen molar-refractivity contribution in [3.8, 4) is 0 Å². The number of nitrogens with one attached hydrogen (secondary N) is 1. The quantitative estimate of drug-likeness (QED) is 0.929. The van der Waals surface area contributed by atoms with Crippen LogP contribution in [0.2, 0.25) is 0 Å². The van der Waals surface area contributed by atoms with Gasteiger partial charge in [-0.15, -0.1) is 0 Å².